The maximum absolute atomic E-state index is 12.1. The van der Waals surface area contributed by atoms with Gasteiger partial charge in [-0.15, -0.1) is 0 Å². The van der Waals surface area contributed by atoms with Crippen molar-refractivity contribution in [3.63, 3.8) is 0 Å². The molecule has 0 saturated carbocycles. The summed E-state index contributed by atoms with van der Waals surface area (Å²) >= 11 is 0. The predicted octanol–water partition coefficient (Wildman–Crippen LogP) is 2.87. The van der Waals surface area contributed by atoms with Gasteiger partial charge in [-0.3, -0.25) is 9.59 Å². The highest BCUT2D eigenvalue weighted by molar-refractivity contribution is 6.35. The molecule has 1 aliphatic carbocycles. The first-order chi connectivity index (χ1) is 9.25. The summed E-state index contributed by atoms with van der Waals surface area (Å²) in [5.74, 6) is -0.252. The molecule has 2 aromatic carbocycles. The third kappa shape index (κ3) is 1.32. The van der Waals surface area contributed by atoms with Crippen LogP contribution in [0.2, 0.25) is 0 Å². The van der Waals surface area contributed by atoms with E-state index in [0.29, 0.717) is 17.7 Å². The molecular weight excluding hydrogens is 240 g/mol. The van der Waals surface area contributed by atoms with Crippen LogP contribution >= 0.6 is 0 Å². The lowest BCUT2D eigenvalue weighted by atomic mass is 9.82. The van der Waals surface area contributed by atoms with Crippen molar-refractivity contribution < 1.29 is 14.3 Å². The quantitative estimate of drug-likeness (QED) is 0.675. The van der Waals surface area contributed by atoms with Gasteiger partial charge in [0.15, 0.2) is 11.6 Å². The molecule has 0 aromatic heterocycles. The first-order valence-corrected chi connectivity index (χ1v) is 6.19. The first kappa shape index (κ1) is 10.5. The molecule has 1 heterocycles. The highest BCUT2D eigenvalue weighted by Crippen LogP contribution is 2.38. The number of carbonyl (C=O) groups excluding carboxylic acids is 2. The molecule has 2 aliphatic rings. The van der Waals surface area contributed by atoms with E-state index < -0.39 is 0 Å². The number of hydrogen-bond donors (Lipinski definition) is 0. The number of ketones is 2. The van der Waals surface area contributed by atoms with E-state index in [-0.39, 0.29) is 18.0 Å². The Bertz CT molecular complexity index is 784. The van der Waals surface area contributed by atoms with Crippen molar-refractivity contribution >= 4 is 27.9 Å². The molecule has 0 bridgehead atoms. The minimum absolute atomic E-state index is 0.0597. The van der Waals surface area contributed by atoms with Crippen LogP contribution in [0.25, 0.3) is 16.3 Å². The largest absolute Gasteiger partial charge is 0.496 e. The van der Waals surface area contributed by atoms with Gasteiger partial charge in [-0.25, -0.2) is 0 Å². The molecule has 0 fully saturated rings. The minimum atomic E-state index is -0.151. The topological polar surface area (TPSA) is 43.4 Å². The molecule has 1 aliphatic heterocycles. The van der Waals surface area contributed by atoms with Gasteiger partial charge in [-0.1, -0.05) is 30.3 Å². The zero-order valence-electron chi connectivity index (χ0n) is 10.1. The predicted molar refractivity (Wildman–Crippen MR) is 70.7 cm³/mol. The van der Waals surface area contributed by atoms with Crippen LogP contribution in [-0.2, 0) is 16.1 Å². The third-order valence-electron chi connectivity index (χ3n) is 3.76. The van der Waals surface area contributed by atoms with Crippen LogP contribution in [0.15, 0.2) is 36.6 Å². The van der Waals surface area contributed by atoms with Crippen LogP contribution in [0.3, 0.4) is 0 Å². The molecule has 0 amide bonds. The van der Waals surface area contributed by atoms with Crippen LogP contribution in [0.5, 0.6) is 0 Å². The number of rotatable bonds is 0. The Morgan fingerprint density at radius 2 is 1.89 bits per heavy atom. The van der Waals surface area contributed by atoms with Crippen molar-refractivity contribution in [2.24, 2.45) is 0 Å². The fourth-order valence-corrected chi connectivity index (χ4v) is 2.90. The molecule has 0 unspecified atom stereocenters. The second-order valence-corrected chi connectivity index (χ2v) is 4.87. The van der Waals surface area contributed by atoms with Crippen molar-refractivity contribution in [3.8, 4) is 0 Å². The number of carbonyl (C=O) groups is 2. The molecule has 92 valence electrons. The van der Waals surface area contributed by atoms with Gasteiger partial charge in [-0.05, 0) is 16.3 Å². The highest BCUT2D eigenvalue weighted by Gasteiger charge is 2.31. The van der Waals surface area contributed by atoms with Crippen LogP contribution in [0.4, 0.5) is 0 Å². The Morgan fingerprint density at radius 3 is 2.79 bits per heavy atom. The van der Waals surface area contributed by atoms with E-state index >= 15 is 0 Å². The molecule has 0 spiro atoms. The summed E-state index contributed by atoms with van der Waals surface area (Å²) in [7, 11) is 0. The number of allylic oxidation sites excluding steroid dienone is 1. The minimum Gasteiger partial charge on any atom is -0.496 e. The van der Waals surface area contributed by atoms with Gasteiger partial charge in [0.05, 0.1) is 18.3 Å². The second-order valence-electron chi connectivity index (χ2n) is 4.87. The second kappa shape index (κ2) is 3.54. The summed E-state index contributed by atoms with van der Waals surface area (Å²) in [5, 5.41) is 2.01. The molecule has 0 atom stereocenters. The smallest absolute Gasteiger partial charge is 0.174 e. The van der Waals surface area contributed by atoms with Gasteiger partial charge in [-0.2, -0.15) is 0 Å². The van der Waals surface area contributed by atoms with Gasteiger partial charge >= 0.3 is 0 Å². The van der Waals surface area contributed by atoms with Gasteiger partial charge in [0.25, 0.3) is 0 Å². The Kier molecular flexibility index (Phi) is 1.96. The van der Waals surface area contributed by atoms with Crippen LogP contribution in [0, 0.1) is 0 Å². The molecule has 3 heteroatoms. The number of Topliss-reactive ketones (excluding diaryl/α,β-unsaturated/α-hetero) is 2. The van der Waals surface area contributed by atoms with E-state index in [9.17, 15) is 9.59 Å². The van der Waals surface area contributed by atoms with Crippen LogP contribution in [-0.4, -0.2) is 11.6 Å². The van der Waals surface area contributed by atoms with Crippen molar-refractivity contribution in [1.82, 2.24) is 0 Å². The van der Waals surface area contributed by atoms with E-state index in [0.717, 1.165) is 21.9 Å². The van der Waals surface area contributed by atoms with E-state index in [1.807, 2.05) is 30.3 Å². The third-order valence-corrected chi connectivity index (χ3v) is 3.76. The molecule has 4 rings (SSSR count). The Labute approximate surface area is 109 Å². The van der Waals surface area contributed by atoms with Gasteiger partial charge in [0, 0.05) is 11.1 Å². The summed E-state index contributed by atoms with van der Waals surface area (Å²) in [4.78, 5) is 24.1. The Morgan fingerprint density at radius 1 is 1.00 bits per heavy atom. The van der Waals surface area contributed by atoms with Crippen LogP contribution in [0.1, 0.15) is 27.9 Å². The Balaban J connectivity index is 2.24. The zero-order valence-corrected chi connectivity index (χ0v) is 10.1. The number of hydrogen-bond acceptors (Lipinski definition) is 3. The zero-order chi connectivity index (χ0) is 13.0. The molecule has 0 saturated heterocycles. The molecule has 3 nitrogen and oxygen atoms in total. The van der Waals surface area contributed by atoms with Crippen molar-refractivity contribution in [2.45, 2.75) is 13.0 Å². The lowest BCUT2D eigenvalue weighted by Crippen LogP contribution is -2.19. The summed E-state index contributed by atoms with van der Waals surface area (Å²) in [5.41, 5.74) is 2.94. The van der Waals surface area contributed by atoms with Crippen LogP contribution < -0.4 is 0 Å². The maximum Gasteiger partial charge on any atom is 0.174 e. The molecule has 2 aromatic rings. The van der Waals surface area contributed by atoms with Crippen molar-refractivity contribution in [1.29, 1.82) is 0 Å². The molecule has 0 radical (unpaired) electrons. The van der Waals surface area contributed by atoms with Crippen molar-refractivity contribution in [2.75, 3.05) is 0 Å². The van der Waals surface area contributed by atoms with Gasteiger partial charge in [0.1, 0.15) is 6.61 Å². The SMILES string of the molecule is O=C1CC(=O)c2ccc3cccc4c3c2C1=COC4. The van der Waals surface area contributed by atoms with Gasteiger partial charge < -0.3 is 4.74 Å². The van der Waals surface area contributed by atoms with E-state index in [4.69, 9.17) is 4.74 Å². The maximum atomic E-state index is 12.1. The molecular formula is C16H10O3. The summed E-state index contributed by atoms with van der Waals surface area (Å²) in [6.07, 6.45) is 1.45. The molecule has 19 heavy (non-hydrogen) atoms. The van der Waals surface area contributed by atoms with Crippen molar-refractivity contribution in [3.05, 3.63) is 53.3 Å². The fraction of sp³-hybridized carbons (Fsp3) is 0.125. The normalized spacial score (nSPS) is 16.9. The standard InChI is InChI=1S/C16H10O3/c17-13-6-14(18)12-8-19-7-10-3-1-2-9-4-5-11(13)16(12)15(9)10/h1-5,8H,6-7H2. The Hall–Kier alpha value is -2.42. The lowest BCUT2D eigenvalue weighted by Gasteiger charge is -2.18. The lowest BCUT2D eigenvalue weighted by molar-refractivity contribution is -0.113. The average Bonchev–Trinajstić information content (AvgIpc) is 2.60. The number of benzene rings is 2. The highest BCUT2D eigenvalue weighted by atomic mass is 16.5. The fourth-order valence-electron chi connectivity index (χ4n) is 2.90. The van der Waals surface area contributed by atoms with E-state index in [1.54, 1.807) is 0 Å². The average molecular weight is 250 g/mol. The summed E-state index contributed by atoms with van der Waals surface area (Å²) < 4.78 is 5.47. The number of ether oxygens (including phenoxy) is 1. The monoisotopic (exact) mass is 250 g/mol. The molecule has 0 N–H and O–H groups in total. The van der Waals surface area contributed by atoms with E-state index in [2.05, 4.69) is 0 Å². The van der Waals surface area contributed by atoms with E-state index in [1.165, 1.54) is 6.26 Å². The van der Waals surface area contributed by atoms with Gasteiger partial charge in [0.2, 0.25) is 0 Å². The summed E-state index contributed by atoms with van der Waals surface area (Å²) in [6, 6.07) is 9.68. The first-order valence-electron chi connectivity index (χ1n) is 6.19. The summed E-state index contributed by atoms with van der Waals surface area (Å²) in [6.45, 7) is 0.429.